The van der Waals surface area contributed by atoms with Crippen LogP contribution in [0.25, 0.3) is 0 Å². The van der Waals surface area contributed by atoms with Gasteiger partial charge in [0.05, 0.1) is 33.0 Å². The standard InChI is InChI=1S/C27H33ClN2O8S/c1-3-33-22(31)11-16-5-7-18(8-6-16)39-25-23(26(32)34-4-2)30(24(29-25)27-35-9-10-36-27)14-17-12-20-21(13-19(17)28)38-15-37-20/h12-13,16,18,27H,3-11,14-15H2,1-2H3. The molecule has 1 saturated heterocycles. The maximum Gasteiger partial charge on any atom is 0.357 e. The fourth-order valence-corrected chi connectivity index (χ4v) is 6.58. The zero-order chi connectivity index (χ0) is 27.4. The van der Waals surface area contributed by atoms with Gasteiger partial charge in [0.1, 0.15) is 5.03 Å². The molecule has 10 nitrogen and oxygen atoms in total. The van der Waals surface area contributed by atoms with Crippen LogP contribution in [0.3, 0.4) is 0 Å². The monoisotopic (exact) mass is 580 g/mol. The lowest BCUT2D eigenvalue weighted by Crippen LogP contribution is -2.20. The van der Waals surface area contributed by atoms with E-state index in [1.54, 1.807) is 29.3 Å². The van der Waals surface area contributed by atoms with E-state index in [1.807, 2.05) is 13.0 Å². The normalized spacial score (nSPS) is 20.8. The molecule has 1 aliphatic carbocycles. The lowest BCUT2D eigenvalue weighted by Gasteiger charge is -2.27. The second-order valence-electron chi connectivity index (χ2n) is 9.57. The fraction of sp³-hybridized carbons (Fsp3) is 0.593. The molecule has 2 aromatic rings. The van der Waals surface area contributed by atoms with Gasteiger partial charge in [0.25, 0.3) is 0 Å². The molecule has 1 aromatic heterocycles. The molecule has 2 fully saturated rings. The molecule has 0 N–H and O–H groups in total. The Morgan fingerprint density at radius 3 is 2.44 bits per heavy atom. The third-order valence-corrected chi connectivity index (χ3v) is 8.63. The van der Waals surface area contributed by atoms with Crippen molar-refractivity contribution in [2.75, 3.05) is 33.2 Å². The van der Waals surface area contributed by atoms with E-state index >= 15 is 0 Å². The number of benzene rings is 1. The molecule has 39 heavy (non-hydrogen) atoms. The number of aromatic nitrogens is 2. The summed E-state index contributed by atoms with van der Waals surface area (Å²) in [5, 5.41) is 1.30. The van der Waals surface area contributed by atoms with Crippen LogP contribution < -0.4 is 9.47 Å². The summed E-state index contributed by atoms with van der Waals surface area (Å²) in [6, 6.07) is 3.53. The van der Waals surface area contributed by atoms with Crippen molar-refractivity contribution < 1.29 is 38.0 Å². The Bertz CT molecular complexity index is 1190. The molecule has 12 heteroatoms. The summed E-state index contributed by atoms with van der Waals surface area (Å²) in [7, 11) is 0. The highest BCUT2D eigenvalue weighted by molar-refractivity contribution is 7.99. The fourth-order valence-electron chi connectivity index (χ4n) is 5.09. The number of halogens is 1. The van der Waals surface area contributed by atoms with Gasteiger partial charge in [-0.05, 0) is 57.1 Å². The molecule has 1 aromatic carbocycles. The van der Waals surface area contributed by atoms with Gasteiger partial charge in [-0.3, -0.25) is 4.79 Å². The van der Waals surface area contributed by atoms with Crippen LogP contribution in [0.5, 0.6) is 11.5 Å². The first-order valence-corrected chi connectivity index (χ1v) is 14.6. The van der Waals surface area contributed by atoms with Gasteiger partial charge in [0, 0.05) is 22.8 Å². The molecule has 0 atom stereocenters. The van der Waals surface area contributed by atoms with E-state index < -0.39 is 12.3 Å². The number of hydrogen-bond donors (Lipinski definition) is 0. The van der Waals surface area contributed by atoms with Crippen molar-refractivity contribution in [1.82, 2.24) is 9.55 Å². The molecule has 3 heterocycles. The van der Waals surface area contributed by atoms with Crippen LogP contribution in [-0.2, 0) is 30.3 Å². The summed E-state index contributed by atoms with van der Waals surface area (Å²) < 4.78 is 35.0. The number of rotatable bonds is 10. The zero-order valence-electron chi connectivity index (χ0n) is 22.1. The first-order valence-electron chi connectivity index (χ1n) is 13.4. The summed E-state index contributed by atoms with van der Waals surface area (Å²) in [5.41, 5.74) is 1.08. The Balaban J connectivity index is 1.42. The highest BCUT2D eigenvalue weighted by atomic mass is 35.5. The predicted octanol–water partition coefficient (Wildman–Crippen LogP) is 5.14. The number of fused-ring (bicyclic) bond motifs is 1. The third-order valence-electron chi connectivity index (χ3n) is 6.97. The molecule has 2 aliphatic heterocycles. The molecule has 0 spiro atoms. The van der Waals surface area contributed by atoms with Crippen molar-refractivity contribution in [3.63, 3.8) is 0 Å². The number of imidazole rings is 1. The summed E-state index contributed by atoms with van der Waals surface area (Å²) in [5.74, 6) is 1.37. The van der Waals surface area contributed by atoms with E-state index in [2.05, 4.69) is 0 Å². The number of hydrogen-bond acceptors (Lipinski definition) is 10. The van der Waals surface area contributed by atoms with Crippen molar-refractivity contribution in [1.29, 1.82) is 0 Å². The van der Waals surface area contributed by atoms with E-state index in [4.69, 9.17) is 45.0 Å². The molecular formula is C27H33ClN2O8S. The van der Waals surface area contributed by atoms with Gasteiger partial charge in [-0.1, -0.05) is 11.6 Å². The van der Waals surface area contributed by atoms with Crippen LogP contribution in [0.4, 0.5) is 0 Å². The molecule has 5 rings (SSSR count). The quantitative estimate of drug-likeness (QED) is 0.350. The Morgan fingerprint density at radius 2 is 1.74 bits per heavy atom. The minimum absolute atomic E-state index is 0.131. The van der Waals surface area contributed by atoms with Gasteiger partial charge in [0.2, 0.25) is 13.1 Å². The average molecular weight is 581 g/mol. The number of esters is 2. The van der Waals surface area contributed by atoms with Crippen molar-refractivity contribution in [3.8, 4) is 11.5 Å². The van der Waals surface area contributed by atoms with Crippen LogP contribution in [0.15, 0.2) is 17.2 Å². The van der Waals surface area contributed by atoms with Gasteiger partial charge < -0.3 is 33.0 Å². The van der Waals surface area contributed by atoms with Crippen LogP contribution in [0, 0.1) is 5.92 Å². The molecule has 1 saturated carbocycles. The predicted molar refractivity (Wildman–Crippen MR) is 142 cm³/mol. The Hall–Kier alpha value is -2.47. The van der Waals surface area contributed by atoms with E-state index in [0.29, 0.717) is 65.2 Å². The molecule has 212 valence electrons. The van der Waals surface area contributed by atoms with Crippen LogP contribution in [0.2, 0.25) is 5.02 Å². The number of thioether (sulfide) groups is 1. The smallest absolute Gasteiger partial charge is 0.357 e. The number of carbonyl (C=O) groups excluding carboxylic acids is 2. The molecule has 0 unspecified atom stereocenters. The molecule has 3 aliphatic rings. The van der Waals surface area contributed by atoms with Gasteiger partial charge in [-0.15, -0.1) is 11.8 Å². The first-order chi connectivity index (χ1) is 19.0. The minimum atomic E-state index is -0.708. The van der Waals surface area contributed by atoms with Gasteiger partial charge in [0.15, 0.2) is 23.0 Å². The highest BCUT2D eigenvalue weighted by Gasteiger charge is 2.34. The second-order valence-corrected chi connectivity index (χ2v) is 11.3. The summed E-state index contributed by atoms with van der Waals surface area (Å²) >= 11 is 8.18. The van der Waals surface area contributed by atoms with Crippen molar-refractivity contribution in [2.24, 2.45) is 5.92 Å². The summed E-state index contributed by atoms with van der Waals surface area (Å²) in [6.45, 7) is 5.46. The topological polar surface area (TPSA) is 107 Å². The molecule has 0 radical (unpaired) electrons. The largest absolute Gasteiger partial charge is 0.466 e. The van der Waals surface area contributed by atoms with Gasteiger partial charge in [-0.2, -0.15) is 0 Å². The summed E-state index contributed by atoms with van der Waals surface area (Å²) in [4.78, 5) is 30.2. The Kier molecular flexibility index (Phi) is 9.21. The maximum atomic E-state index is 13.3. The highest BCUT2D eigenvalue weighted by Crippen LogP contribution is 2.41. The number of nitrogens with zero attached hydrogens (tertiary/aromatic N) is 2. The number of ether oxygens (including phenoxy) is 6. The summed E-state index contributed by atoms with van der Waals surface area (Å²) in [6.07, 6.45) is 3.39. The van der Waals surface area contributed by atoms with Gasteiger partial charge in [-0.25, -0.2) is 9.78 Å². The minimum Gasteiger partial charge on any atom is -0.466 e. The van der Waals surface area contributed by atoms with Crippen LogP contribution in [0.1, 0.15) is 74.1 Å². The number of carbonyl (C=O) groups is 2. The molecule has 0 amide bonds. The average Bonchev–Trinajstić information content (AvgIpc) is 3.66. The Morgan fingerprint density at radius 1 is 1.05 bits per heavy atom. The first kappa shape index (κ1) is 28.1. The SMILES string of the molecule is CCOC(=O)CC1CCC(Sc2nc(C3OCCO3)n(Cc3cc4c(cc3Cl)OCO4)c2C(=O)OCC)CC1. The van der Waals surface area contributed by atoms with E-state index in [0.717, 1.165) is 31.2 Å². The van der Waals surface area contributed by atoms with Crippen LogP contribution in [-0.4, -0.2) is 60.0 Å². The Labute approximate surface area is 236 Å². The van der Waals surface area contributed by atoms with Crippen molar-refractivity contribution >= 4 is 35.3 Å². The van der Waals surface area contributed by atoms with E-state index in [1.165, 1.54) is 0 Å². The molecule has 0 bridgehead atoms. The lowest BCUT2D eigenvalue weighted by atomic mass is 9.87. The van der Waals surface area contributed by atoms with E-state index in [-0.39, 0.29) is 31.2 Å². The van der Waals surface area contributed by atoms with E-state index in [9.17, 15) is 9.59 Å². The maximum absolute atomic E-state index is 13.3. The van der Waals surface area contributed by atoms with Crippen LogP contribution >= 0.6 is 23.4 Å². The van der Waals surface area contributed by atoms with Crippen molar-refractivity contribution in [3.05, 3.63) is 34.2 Å². The molecular weight excluding hydrogens is 548 g/mol. The second kappa shape index (κ2) is 12.8. The lowest BCUT2D eigenvalue weighted by molar-refractivity contribution is -0.144. The van der Waals surface area contributed by atoms with Gasteiger partial charge >= 0.3 is 11.9 Å². The zero-order valence-corrected chi connectivity index (χ0v) is 23.7. The third kappa shape index (κ3) is 6.48. The van der Waals surface area contributed by atoms with Crippen molar-refractivity contribution in [2.45, 2.75) is 69.1 Å².